The van der Waals surface area contributed by atoms with Crippen LogP contribution in [0.25, 0.3) is 0 Å². The third kappa shape index (κ3) is 4.15. The first-order valence-corrected chi connectivity index (χ1v) is 10.1. The molecule has 1 aromatic carbocycles. The fourth-order valence-corrected chi connectivity index (χ4v) is 4.07. The van der Waals surface area contributed by atoms with Gasteiger partial charge in [-0.15, -0.1) is 0 Å². The highest BCUT2D eigenvalue weighted by atomic mass is 35.5. The molecule has 8 nitrogen and oxygen atoms in total. The molecule has 1 aromatic rings. The van der Waals surface area contributed by atoms with Crippen molar-refractivity contribution in [2.24, 2.45) is 16.5 Å². The standard InChI is InChI=1S/C21H24ClN5O3/c1-2-26-9-3-4-14(26)11-27-20(29)15-6-5-13(10-16(15)21(27)30)25-19(24)17(12-28)18(22)7-8-23/h5-8,10,12,14H,2-4,9,11,23H2,1H3,(H2,24,25)/b8-7-,18-17-/t14-/m1/s1. The molecule has 0 aromatic heterocycles. The van der Waals surface area contributed by atoms with E-state index in [0.717, 1.165) is 25.9 Å². The molecule has 2 amide bonds. The number of imide groups is 1. The number of amidine groups is 1. The Bertz CT molecular complexity index is 969. The van der Waals surface area contributed by atoms with Crippen LogP contribution in [-0.2, 0) is 4.79 Å². The second-order valence-corrected chi connectivity index (χ2v) is 7.52. The van der Waals surface area contributed by atoms with E-state index < -0.39 is 0 Å². The minimum Gasteiger partial charge on any atom is -0.405 e. The number of halogens is 1. The number of carbonyl (C=O) groups excluding carboxylic acids is 3. The molecule has 1 fully saturated rings. The lowest BCUT2D eigenvalue weighted by atomic mass is 10.1. The number of amides is 2. The maximum absolute atomic E-state index is 12.9. The third-order valence-corrected chi connectivity index (χ3v) is 5.73. The molecule has 30 heavy (non-hydrogen) atoms. The largest absolute Gasteiger partial charge is 0.405 e. The fourth-order valence-electron chi connectivity index (χ4n) is 3.86. The summed E-state index contributed by atoms with van der Waals surface area (Å²) in [6, 6.07) is 4.82. The number of likely N-dealkylation sites (N-methyl/N-ethyl adjacent to an activating group) is 1. The zero-order chi connectivity index (χ0) is 21.8. The number of aliphatic imine (C=N–C) groups is 1. The van der Waals surface area contributed by atoms with Crippen LogP contribution in [0.2, 0.25) is 0 Å². The summed E-state index contributed by atoms with van der Waals surface area (Å²) in [6.45, 7) is 4.32. The van der Waals surface area contributed by atoms with Gasteiger partial charge in [0.15, 0.2) is 6.29 Å². The molecule has 2 heterocycles. The lowest BCUT2D eigenvalue weighted by Gasteiger charge is -2.26. The molecule has 0 aliphatic carbocycles. The number of hydrogen-bond donors (Lipinski definition) is 2. The number of allylic oxidation sites excluding steroid dienone is 2. The Morgan fingerprint density at radius 2 is 2.03 bits per heavy atom. The second kappa shape index (κ2) is 9.23. The van der Waals surface area contributed by atoms with Crippen LogP contribution in [0.3, 0.4) is 0 Å². The summed E-state index contributed by atoms with van der Waals surface area (Å²) < 4.78 is 0. The van der Waals surface area contributed by atoms with Gasteiger partial charge < -0.3 is 11.5 Å². The second-order valence-electron chi connectivity index (χ2n) is 7.11. The van der Waals surface area contributed by atoms with Crippen molar-refractivity contribution in [2.45, 2.75) is 25.8 Å². The van der Waals surface area contributed by atoms with Gasteiger partial charge in [-0.05, 0) is 56.4 Å². The number of fused-ring (bicyclic) bond motifs is 1. The van der Waals surface area contributed by atoms with Gasteiger partial charge in [0.25, 0.3) is 11.8 Å². The van der Waals surface area contributed by atoms with Gasteiger partial charge in [0.05, 0.1) is 27.4 Å². The number of hydrogen-bond acceptors (Lipinski definition) is 6. The molecule has 2 aliphatic rings. The van der Waals surface area contributed by atoms with Gasteiger partial charge in [-0.3, -0.25) is 24.2 Å². The predicted octanol–water partition coefficient (Wildman–Crippen LogP) is 1.92. The molecule has 0 spiro atoms. The minimum absolute atomic E-state index is 0.0243. The van der Waals surface area contributed by atoms with E-state index in [-0.39, 0.29) is 39.9 Å². The van der Waals surface area contributed by atoms with Crippen molar-refractivity contribution < 1.29 is 14.4 Å². The molecule has 1 saturated heterocycles. The number of likely N-dealkylation sites (tertiary alicyclic amines) is 1. The van der Waals surface area contributed by atoms with Crippen molar-refractivity contribution in [1.29, 1.82) is 0 Å². The van der Waals surface area contributed by atoms with Crippen LogP contribution in [0.5, 0.6) is 0 Å². The number of carbonyl (C=O) groups is 3. The van der Waals surface area contributed by atoms with Crippen molar-refractivity contribution in [3.8, 4) is 0 Å². The van der Waals surface area contributed by atoms with Crippen molar-refractivity contribution in [1.82, 2.24) is 9.80 Å². The van der Waals surface area contributed by atoms with Gasteiger partial charge in [-0.25, -0.2) is 4.99 Å². The van der Waals surface area contributed by atoms with E-state index in [4.69, 9.17) is 23.1 Å². The van der Waals surface area contributed by atoms with Gasteiger partial charge in [-0.2, -0.15) is 0 Å². The summed E-state index contributed by atoms with van der Waals surface area (Å²) in [6.07, 6.45) is 5.00. The van der Waals surface area contributed by atoms with E-state index in [1.165, 1.54) is 23.2 Å². The molecule has 3 rings (SSSR count). The Labute approximate surface area is 179 Å². The molecule has 2 aliphatic heterocycles. The quantitative estimate of drug-likeness (QED) is 0.170. The van der Waals surface area contributed by atoms with Crippen LogP contribution in [0, 0.1) is 0 Å². The summed E-state index contributed by atoms with van der Waals surface area (Å²) in [7, 11) is 0. The Hall–Kier alpha value is -2.97. The first kappa shape index (κ1) is 21.7. The summed E-state index contributed by atoms with van der Waals surface area (Å²) in [5.74, 6) is -0.763. The van der Waals surface area contributed by atoms with Crippen LogP contribution in [-0.4, -0.2) is 59.4 Å². The summed E-state index contributed by atoms with van der Waals surface area (Å²) in [5.41, 5.74) is 12.1. The number of rotatable bonds is 7. The van der Waals surface area contributed by atoms with E-state index in [2.05, 4.69) is 16.8 Å². The predicted molar refractivity (Wildman–Crippen MR) is 116 cm³/mol. The number of nitrogens with zero attached hydrogens (tertiary/aromatic N) is 3. The summed E-state index contributed by atoms with van der Waals surface area (Å²) >= 11 is 5.98. The molecule has 1 atom stereocenters. The molecular formula is C21H24ClN5O3. The molecule has 0 radical (unpaired) electrons. The normalized spacial score (nSPS) is 20.8. The monoisotopic (exact) mass is 429 g/mol. The van der Waals surface area contributed by atoms with E-state index in [1.54, 1.807) is 12.1 Å². The zero-order valence-electron chi connectivity index (χ0n) is 16.7. The van der Waals surface area contributed by atoms with Crippen molar-refractivity contribution >= 4 is 41.2 Å². The molecule has 0 saturated carbocycles. The minimum atomic E-state index is -0.344. The average Bonchev–Trinajstić information content (AvgIpc) is 3.27. The Morgan fingerprint density at radius 1 is 1.30 bits per heavy atom. The zero-order valence-corrected chi connectivity index (χ0v) is 17.4. The maximum Gasteiger partial charge on any atom is 0.261 e. The smallest absolute Gasteiger partial charge is 0.261 e. The topological polar surface area (TPSA) is 122 Å². The Kier molecular flexibility index (Phi) is 6.69. The van der Waals surface area contributed by atoms with Gasteiger partial charge in [0, 0.05) is 12.6 Å². The Morgan fingerprint density at radius 3 is 2.70 bits per heavy atom. The molecule has 158 valence electrons. The average molecular weight is 430 g/mol. The third-order valence-electron chi connectivity index (χ3n) is 5.40. The highest BCUT2D eigenvalue weighted by molar-refractivity contribution is 6.36. The van der Waals surface area contributed by atoms with Crippen LogP contribution in [0.4, 0.5) is 5.69 Å². The maximum atomic E-state index is 12.9. The van der Waals surface area contributed by atoms with E-state index in [0.29, 0.717) is 24.1 Å². The molecule has 4 N–H and O–H groups in total. The fraction of sp³-hybridized carbons (Fsp3) is 0.333. The lowest BCUT2D eigenvalue weighted by Crippen LogP contribution is -2.42. The van der Waals surface area contributed by atoms with E-state index in [9.17, 15) is 14.4 Å². The van der Waals surface area contributed by atoms with Gasteiger partial charge in [-0.1, -0.05) is 18.5 Å². The first-order chi connectivity index (χ1) is 14.4. The number of nitrogens with two attached hydrogens (primary N) is 2. The van der Waals surface area contributed by atoms with E-state index >= 15 is 0 Å². The summed E-state index contributed by atoms with van der Waals surface area (Å²) in [4.78, 5) is 44.8. The van der Waals surface area contributed by atoms with Crippen LogP contribution in [0.15, 0.2) is 46.1 Å². The molecular weight excluding hydrogens is 406 g/mol. The highest BCUT2D eigenvalue weighted by Crippen LogP contribution is 2.29. The SMILES string of the molecule is CCN1CCC[C@@H]1CN1C(=O)c2ccc(N=C(N)/C(C=O)=C(Cl)/C=C\N)cc2C1=O. The van der Waals surface area contributed by atoms with Crippen LogP contribution in [0.1, 0.15) is 40.5 Å². The van der Waals surface area contributed by atoms with Gasteiger partial charge in [0.2, 0.25) is 0 Å². The molecule has 9 heteroatoms. The van der Waals surface area contributed by atoms with Crippen LogP contribution >= 0.6 is 11.6 Å². The van der Waals surface area contributed by atoms with Gasteiger partial charge in [0.1, 0.15) is 5.84 Å². The van der Waals surface area contributed by atoms with Crippen molar-refractivity contribution in [2.75, 3.05) is 19.6 Å². The highest BCUT2D eigenvalue weighted by Gasteiger charge is 2.38. The lowest BCUT2D eigenvalue weighted by molar-refractivity contribution is -0.104. The molecule has 0 unspecified atom stereocenters. The Balaban J connectivity index is 1.86. The number of aldehydes is 1. The molecule has 0 bridgehead atoms. The van der Waals surface area contributed by atoms with Crippen molar-refractivity contribution in [3.63, 3.8) is 0 Å². The van der Waals surface area contributed by atoms with Gasteiger partial charge >= 0.3 is 0 Å². The summed E-state index contributed by atoms with van der Waals surface area (Å²) in [5, 5.41) is 0.0457. The van der Waals surface area contributed by atoms with E-state index in [1.807, 2.05) is 0 Å². The van der Waals surface area contributed by atoms with Crippen molar-refractivity contribution in [3.05, 3.63) is 52.2 Å². The van der Waals surface area contributed by atoms with Crippen LogP contribution < -0.4 is 11.5 Å². The first-order valence-electron chi connectivity index (χ1n) is 9.73. The number of benzene rings is 1.